The summed E-state index contributed by atoms with van der Waals surface area (Å²) in [5.41, 5.74) is 2.16. The molecule has 0 spiro atoms. The van der Waals surface area contributed by atoms with Crippen molar-refractivity contribution in [3.8, 4) is 11.3 Å². The van der Waals surface area contributed by atoms with Crippen LogP contribution in [0.15, 0.2) is 42.5 Å². The van der Waals surface area contributed by atoms with E-state index in [0.717, 1.165) is 24.1 Å². The van der Waals surface area contributed by atoms with Crippen LogP contribution in [0, 0.1) is 11.7 Å². The van der Waals surface area contributed by atoms with Gasteiger partial charge in [-0.05, 0) is 37.1 Å². The lowest BCUT2D eigenvalue weighted by Gasteiger charge is -2.03. The second-order valence-corrected chi connectivity index (χ2v) is 5.64. The highest BCUT2D eigenvalue weighted by Crippen LogP contribution is 2.30. The molecule has 0 aliphatic heterocycles. The van der Waals surface area contributed by atoms with Crippen molar-refractivity contribution in [2.75, 3.05) is 0 Å². The number of ketones is 1. The van der Waals surface area contributed by atoms with Crippen LogP contribution < -0.4 is 0 Å². The van der Waals surface area contributed by atoms with Gasteiger partial charge in [-0.1, -0.05) is 18.2 Å². The van der Waals surface area contributed by atoms with Gasteiger partial charge in [-0.2, -0.15) is 5.10 Å². The monoisotopic (exact) mass is 295 g/mol. The summed E-state index contributed by atoms with van der Waals surface area (Å²) in [6.45, 7) is 0. The Bertz CT molecular complexity index is 867. The first-order valence-electron chi connectivity index (χ1n) is 7.34. The highest BCUT2D eigenvalue weighted by Gasteiger charge is 2.30. The zero-order valence-electron chi connectivity index (χ0n) is 11.9. The van der Waals surface area contributed by atoms with Crippen LogP contribution in [0.5, 0.6) is 0 Å². The van der Waals surface area contributed by atoms with Gasteiger partial charge in [-0.15, -0.1) is 0 Å². The Hall–Kier alpha value is -2.56. The molecule has 1 saturated carbocycles. The Labute approximate surface area is 126 Å². The predicted molar refractivity (Wildman–Crippen MR) is 79.8 cm³/mol. The number of aromatic nitrogens is 3. The maximum absolute atomic E-state index is 13.4. The molecule has 5 heteroatoms. The molecule has 4 rings (SSSR count). The lowest BCUT2D eigenvalue weighted by atomic mass is 10.1. The number of rotatable bonds is 4. The second-order valence-electron chi connectivity index (χ2n) is 5.64. The van der Waals surface area contributed by atoms with E-state index < -0.39 is 0 Å². The standard InChI is InChI=1S/C17H14FN3O/c18-13-4-1-3-12(9-13)14-5-2-6-17-19-16(20-21(14)17)10-15(22)11-7-8-11/h1-6,9,11H,7-8,10H2. The number of halogens is 1. The fourth-order valence-electron chi connectivity index (χ4n) is 2.60. The molecule has 0 unspecified atom stereocenters. The van der Waals surface area contributed by atoms with E-state index in [1.54, 1.807) is 10.6 Å². The molecule has 2 aromatic heterocycles. The van der Waals surface area contributed by atoms with E-state index in [1.165, 1.54) is 12.1 Å². The van der Waals surface area contributed by atoms with Crippen molar-refractivity contribution in [3.63, 3.8) is 0 Å². The number of fused-ring (bicyclic) bond motifs is 1. The SMILES string of the molecule is O=C(Cc1nc2cccc(-c3cccc(F)c3)n2n1)C1CC1. The van der Waals surface area contributed by atoms with Crippen molar-refractivity contribution in [1.82, 2.24) is 14.6 Å². The molecule has 1 aliphatic rings. The molecule has 22 heavy (non-hydrogen) atoms. The Morgan fingerprint density at radius 2 is 2.05 bits per heavy atom. The molecular weight excluding hydrogens is 281 g/mol. The van der Waals surface area contributed by atoms with Crippen molar-refractivity contribution in [2.45, 2.75) is 19.3 Å². The number of pyridine rings is 1. The van der Waals surface area contributed by atoms with Gasteiger partial charge in [0.1, 0.15) is 11.6 Å². The van der Waals surface area contributed by atoms with Crippen molar-refractivity contribution >= 4 is 11.4 Å². The summed E-state index contributed by atoms with van der Waals surface area (Å²) in [7, 11) is 0. The maximum atomic E-state index is 13.4. The van der Waals surface area contributed by atoms with Crippen molar-refractivity contribution in [3.05, 3.63) is 54.1 Å². The van der Waals surface area contributed by atoms with Gasteiger partial charge < -0.3 is 0 Å². The van der Waals surface area contributed by atoms with Crippen LogP contribution in [0.3, 0.4) is 0 Å². The number of carbonyl (C=O) groups is 1. The fraction of sp³-hybridized carbons (Fsp3) is 0.235. The smallest absolute Gasteiger partial charge is 0.159 e. The van der Waals surface area contributed by atoms with Crippen molar-refractivity contribution in [1.29, 1.82) is 0 Å². The first-order chi connectivity index (χ1) is 10.7. The maximum Gasteiger partial charge on any atom is 0.159 e. The molecule has 0 bridgehead atoms. The van der Waals surface area contributed by atoms with E-state index in [9.17, 15) is 9.18 Å². The average Bonchev–Trinajstić information content (AvgIpc) is 3.27. The minimum absolute atomic E-state index is 0.203. The zero-order chi connectivity index (χ0) is 15.1. The zero-order valence-corrected chi connectivity index (χ0v) is 11.9. The molecular formula is C17H14FN3O. The van der Waals surface area contributed by atoms with Crippen molar-refractivity contribution in [2.24, 2.45) is 5.92 Å². The van der Waals surface area contributed by atoms with E-state index in [0.29, 0.717) is 11.5 Å². The number of hydrogen-bond acceptors (Lipinski definition) is 3. The fourth-order valence-corrected chi connectivity index (χ4v) is 2.60. The summed E-state index contributed by atoms with van der Waals surface area (Å²) in [5.74, 6) is 0.650. The minimum atomic E-state index is -0.293. The number of Topliss-reactive ketones (excluding diaryl/α,β-unsaturated/α-hetero) is 1. The van der Waals surface area contributed by atoms with Crippen LogP contribution in [-0.4, -0.2) is 20.4 Å². The molecule has 0 saturated heterocycles. The normalized spacial score (nSPS) is 14.4. The van der Waals surface area contributed by atoms with Gasteiger partial charge in [0.2, 0.25) is 0 Å². The van der Waals surface area contributed by atoms with Crippen LogP contribution in [-0.2, 0) is 11.2 Å². The lowest BCUT2D eigenvalue weighted by Crippen LogP contribution is -2.06. The highest BCUT2D eigenvalue weighted by atomic mass is 19.1. The second kappa shape index (κ2) is 5.02. The summed E-state index contributed by atoms with van der Waals surface area (Å²) in [6, 6.07) is 11.9. The Morgan fingerprint density at radius 1 is 1.23 bits per heavy atom. The predicted octanol–water partition coefficient (Wildman–Crippen LogP) is 3.06. The Balaban J connectivity index is 1.76. The van der Waals surface area contributed by atoms with E-state index >= 15 is 0 Å². The summed E-state index contributed by atoms with van der Waals surface area (Å²) < 4.78 is 15.1. The molecule has 110 valence electrons. The van der Waals surface area contributed by atoms with Crippen molar-refractivity contribution < 1.29 is 9.18 Å². The van der Waals surface area contributed by atoms with E-state index in [2.05, 4.69) is 10.1 Å². The highest BCUT2D eigenvalue weighted by molar-refractivity contribution is 5.84. The lowest BCUT2D eigenvalue weighted by molar-refractivity contribution is -0.119. The Morgan fingerprint density at radius 3 is 2.82 bits per heavy atom. The number of carbonyl (C=O) groups excluding carboxylic acids is 1. The average molecular weight is 295 g/mol. The van der Waals surface area contributed by atoms with Gasteiger partial charge in [0, 0.05) is 11.5 Å². The molecule has 3 aromatic rings. The van der Waals surface area contributed by atoms with Gasteiger partial charge in [-0.25, -0.2) is 13.9 Å². The number of benzene rings is 1. The third-order valence-electron chi connectivity index (χ3n) is 3.89. The van der Waals surface area contributed by atoms with Crippen LogP contribution in [0.4, 0.5) is 4.39 Å². The molecule has 0 N–H and O–H groups in total. The summed E-state index contributed by atoms with van der Waals surface area (Å²) in [4.78, 5) is 16.3. The molecule has 0 atom stereocenters. The molecule has 4 nitrogen and oxygen atoms in total. The van der Waals surface area contributed by atoms with Gasteiger partial charge in [0.15, 0.2) is 11.5 Å². The molecule has 2 heterocycles. The van der Waals surface area contributed by atoms with Crippen LogP contribution in [0.1, 0.15) is 18.7 Å². The molecule has 1 fully saturated rings. The van der Waals surface area contributed by atoms with Gasteiger partial charge in [0.05, 0.1) is 12.1 Å². The molecule has 0 amide bonds. The minimum Gasteiger partial charge on any atom is -0.299 e. The summed E-state index contributed by atoms with van der Waals surface area (Å²) in [5, 5.41) is 4.43. The van der Waals surface area contributed by atoms with Crippen LogP contribution >= 0.6 is 0 Å². The topological polar surface area (TPSA) is 47.3 Å². The molecule has 0 radical (unpaired) electrons. The van der Waals surface area contributed by atoms with Crippen LogP contribution in [0.2, 0.25) is 0 Å². The summed E-state index contributed by atoms with van der Waals surface area (Å²) in [6.07, 6.45) is 2.25. The van der Waals surface area contributed by atoms with Crippen LogP contribution in [0.25, 0.3) is 16.9 Å². The summed E-state index contributed by atoms with van der Waals surface area (Å²) >= 11 is 0. The van der Waals surface area contributed by atoms with E-state index in [4.69, 9.17) is 0 Å². The molecule has 1 aromatic carbocycles. The largest absolute Gasteiger partial charge is 0.299 e. The van der Waals surface area contributed by atoms with Gasteiger partial charge >= 0.3 is 0 Å². The first-order valence-corrected chi connectivity index (χ1v) is 7.34. The third-order valence-corrected chi connectivity index (χ3v) is 3.89. The van der Waals surface area contributed by atoms with Gasteiger partial charge in [-0.3, -0.25) is 4.79 Å². The van der Waals surface area contributed by atoms with E-state index in [1.807, 2.05) is 24.3 Å². The third kappa shape index (κ3) is 2.39. The number of nitrogens with zero attached hydrogens (tertiary/aromatic N) is 3. The van der Waals surface area contributed by atoms with Gasteiger partial charge in [0.25, 0.3) is 0 Å². The Kier molecular flexibility index (Phi) is 2.99. The number of hydrogen-bond donors (Lipinski definition) is 0. The first kappa shape index (κ1) is 13.1. The molecule has 1 aliphatic carbocycles. The quantitative estimate of drug-likeness (QED) is 0.743. The van der Waals surface area contributed by atoms with E-state index in [-0.39, 0.29) is 23.9 Å².